The molecular formula is C16H17BrO. The van der Waals surface area contributed by atoms with Crippen molar-refractivity contribution in [1.82, 2.24) is 0 Å². The van der Waals surface area contributed by atoms with Crippen LogP contribution in [0, 0.1) is 13.8 Å². The van der Waals surface area contributed by atoms with Crippen LogP contribution >= 0.6 is 15.9 Å². The minimum Gasteiger partial charge on any atom is -0.388 e. The molecule has 0 heterocycles. The topological polar surface area (TPSA) is 20.2 Å². The van der Waals surface area contributed by atoms with Crippen LogP contribution in [-0.4, -0.2) is 5.11 Å². The number of hydrogen-bond acceptors (Lipinski definition) is 1. The average Bonchev–Trinajstić information content (AvgIpc) is 2.35. The van der Waals surface area contributed by atoms with Gasteiger partial charge in [-0.2, -0.15) is 0 Å². The maximum atomic E-state index is 10.4. The van der Waals surface area contributed by atoms with Crippen molar-refractivity contribution in [2.75, 3.05) is 0 Å². The van der Waals surface area contributed by atoms with Crippen molar-refractivity contribution in [3.63, 3.8) is 0 Å². The summed E-state index contributed by atoms with van der Waals surface area (Å²) < 4.78 is 1.05. The first kappa shape index (κ1) is 13.3. The Balaban J connectivity index is 2.25. The summed E-state index contributed by atoms with van der Waals surface area (Å²) in [5.74, 6) is 0. The lowest BCUT2D eigenvalue weighted by Crippen LogP contribution is -2.05. The summed E-state index contributed by atoms with van der Waals surface area (Å²) in [4.78, 5) is 0. The summed E-state index contributed by atoms with van der Waals surface area (Å²) in [6.45, 7) is 4.14. The van der Waals surface area contributed by atoms with Crippen molar-refractivity contribution in [2.45, 2.75) is 26.4 Å². The van der Waals surface area contributed by atoms with Gasteiger partial charge in [-0.25, -0.2) is 0 Å². The minimum atomic E-state index is -0.455. The summed E-state index contributed by atoms with van der Waals surface area (Å²) >= 11 is 3.52. The van der Waals surface area contributed by atoms with Gasteiger partial charge in [-0.3, -0.25) is 0 Å². The molecule has 0 saturated heterocycles. The Morgan fingerprint density at radius 2 is 1.78 bits per heavy atom. The molecule has 18 heavy (non-hydrogen) atoms. The van der Waals surface area contributed by atoms with Crippen LogP contribution < -0.4 is 0 Å². The van der Waals surface area contributed by atoms with Gasteiger partial charge in [0.1, 0.15) is 0 Å². The van der Waals surface area contributed by atoms with Crippen LogP contribution in [0.4, 0.5) is 0 Å². The van der Waals surface area contributed by atoms with E-state index in [2.05, 4.69) is 35.8 Å². The van der Waals surface area contributed by atoms with E-state index in [1.165, 1.54) is 11.1 Å². The molecule has 2 rings (SSSR count). The highest BCUT2D eigenvalue weighted by molar-refractivity contribution is 9.10. The SMILES string of the molecule is Cc1cccc(C(O)Cc2ccccc2Br)c1C. The predicted octanol–water partition coefficient (Wildman–Crippen LogP) is 4.34. The Morgan fingerprint density at radius 1 is 1.06 bits per heavy atom. The van der Waals surface area contributed by atoms with Crippen LogP contribution in [-0.2, 0) is 6.42 Å². The average molecular weight is 305 g/mol. The number of rotatable bonds is 3. The lowest BCUT2D eigenvalue weighted by molar-refractivity contribution is 0.177. The van der Waals surface area contributed by atoms with Crippen molar-refractivity contribution in [1.29, 1.82) is 0 Å². The molecule has 0 aliphatic rings. The Morgan fingerprint density at radius 3 is 2.50 bits per heavy atom. The van der Waals surface area contributed by atoms with E-state index in [1.54, 1.807) is 0 Å². The first-order valence-electron chi connectivity index (χ1n) is 6.07. The molecule has 2 aromatic carbocycles. The molecule has 1 nitrogen and oxygen atoms in total. The van der Waals surface area contributed by atoms with Gasteiger partial charge in [0.15, 0.2) is 0 Å². The number of aliphatic hydroxyl groups excluding tert-OH is 1. The van der Waals surface area contributed by atoms with Crippen LogP contribution in [0.25, 0.3) is 0 Å². The fourth-order valence-corrected chi connectivity index (χ4v) is 2.56. The summed E-state index contributed by atoms with van der Waals surface area (Å²) in [7, 11) is 0. The molecule has 0 aromatic heterocycles. The minimum absolute atomic E-state index is 0.455. The van der Waals surface area contributed by atoms with Crippen molar-refractivity contribution >= 4 is 15.9 Å². The molecule has 2 heteroatoms. The van der Waals surface area contributed by atoms with E-state index in [4.69, 9.17) is 0 Å². The quantitative estimate of drug-likeness (QED) is 0.894. The summed E-state index contributed by atoms with van der Waals surface area (Å²) in [5, 5.41) is 10.4. The first-order valence-corrected chi connectivity index (χ1v) is 6.86. The van der Waals surface area contributed by atoms with Crippen molar-refractivity contribution in [2.24, 2.45) is 0 Å². The maximum Gasteiger partial charge on any atom is 0.0833 e. The summed E-state index contributed by atoms with van der Waals surface area (Å²) in [6, 6.07) is 14.1. The zero-order valence-corrected chi connectivity index (χ0v) is 12.2. The van der Waals surface area contributed by atoms with Gasteiger partial charge in [-0.05, 0) is 42.2 Å². The second-order valence-electron chi connectivity index (χ2n) is 4.60. The van der Waals surface area contributed by atoms with E-state index in [0.29, 0.717) is 6.42 Å². The van der Waals surface area contributed by atoms with Crippen LogP contribution in [0.15, 0.2) is 46.9 Å². The fraction of sp³-hybridized carbons (Fsp3) is 0.250. The number of halogens is 1. The van der Waals surface area contributed by atoms with E-state index in [9.17, 15) is 5.11 Å². The lowest BCUT2D eigenvalue weighted by atomic mass is 9.95. The van der Waals surface area contributed by atoms with E-state index >= 15 is 0 Å². The standard InChI is InChI=1S/C16H17BrO/c1-11-6-5-8-14(12(11)2)16(18)10-13-7-3-4-9-15(13)17/h3-9,16,18H,10H2,1-2H3. The van der Waals surface area contributed by atoms with E-state index in [1.807, 2.05) is 36.4 Å². The molecule has 0 aliphatic heterocycles. The molecule has 1 N–H and O–H groups in total. The zero-order chi connectivity index (χ0) is 13.1. The molecule has 94 valence electrons. The van der Waals surface area contributed by atoms with Gasteiger partial charge in [-0.1, -0.05) is 52.3 Å². The molecule has 1 unspecified atom stereocenters. The molecule has 1 atom stereocenters. The van der Waals surface area contributed by atoms with Crippen molar-refractivity contribution in [3.8, 4) is 0 Å². The van der Waals surface area contributed by atoms with Crippen LogP contribution in [0.3, 0.4) is 0 Å². The van der Waals surface area contributed by atoms with Crippen molar-refractivity contribution < 1.29 is 5.11 Å². The fourth-order valence-electron chi connectivity index (χ4n) is 2.12. The van der Waals surface area contributed by atoms with Gasteiger partial charge in [0.25, 0.3) is 0 Å². The Bertz CT molecular complexity index is 549. The zero-order valence-electron chi connectivity index (χ0n) is 10.7. The molecule has 0 aliphatic carbocycles. The molecular weight excluding hydrogens is 288 g/mol. The van der Waals surface area contributed by atoms with Gasteiger partial charge in [-0.15, -0.1) is 0 Å². The summed E-state index contributed by atoms with van der Waals surface area (Å²) in [6.07, 6.45) is 0.176. The molecule has 0 radical (unpaired) electrons. The maximum absolute atomic E-state index is 10.4. The second kappa shape index (κ2) is 5.68. The van der Waals surface area contributed by atoms with E-state index in [0.717, 1.165) is 15.6 Å². The molecule has 0 amide bonds. The van der Waals surface area contributed by atoms with Crippen molar-refractivity contribution in [3.05, 3.63) is 69.2 Å². The molecule has 0 spiro atoms. The highest BCUT2D eigenvalue weighted by Gasteiger charge is 2.13. The highest BCUT2D eigenvalue weighted by Crippen LogP contribution is 2.26. The number of benzene rings is 2. The third-order valence-corrected chi connectivity index (χ3v) is 4.15. The Labute approximate surface area is 117 Å². The normalized spacial score (nSPS) is 12.4. The summed E-state index contributed by atoms with van der Waals surface area (Å²) in [5.41, 5.74) is 4.55. The van der Waals surface area contributed by atoms with Gasteiger partial charge < -0.3 is 5.11 Å². The smallest absolute Gasteiger partial charge is 0.0833 e. The van der Waals surface area contributed by atoms with Gasteiger partial charge in [0.05, 0.1) is 6.10 Å². The van der Waals surface area contributed by atoms with Crippen LogP contribution in [0.1, 0.15) is 28.4 Å². The molecule has 0 fully saturated rings. The number of aliphatic hydroxyl groups is 1. The third-order valence-electron chi connectivity index (χ3n) is 3.38. The van der Waals surface area contributed by atoms with Crippen LogP contribution in [0.5, 0.6) is 0 Å². The van der Waals surface area contributed by atoms with Gasteiger partial charge >= 0.3 is 0 Å². The number of aryl methyl sites for hydroxylation is 1. The monoisotopic (exact) mass is 304 g/mol. The van der Waals surface area contributed by atoms with E-state index in [-0.39, 0.29) is 0 Å². The predicted molar refractivity (Wildman–Crippen MR) is 78.7 cm³/mol. The highest BCUT2D eigenvalue weighted by atomic mass is 79.9. The molecule has 0 bridgehead atoms. The number of hydrogen-bond donors (Lipinski definition) is 1. The molecule has 2 aromatic rings. The van der Waals surface area contributed by atoms with Gasteiger partial charge in [0.2, 0.25) is 0 Å². The largest absolute Gasteiger partial charge is 0.388 e. The van der Waals surface area contributed by atoms with E-state index < -0.39 is 6.10 Å². The second-order valence-corrected chi connectivity index (χ2v) is 5.45. The molecule has 0 saturated carbocycles. The Hall–Kier alpha value is -1.12. The third kappa shape index (κ3) is 2.82. The lowest BCUT2D eigenvalue weighted by Gasteiger charge is -2.16. The Kier molecular flexibility index (Phi) is 4.20. The van der Waals surface area contributed by atoms with Gasteiger partial charge in [0, 0.05) is 10.9 Å². The first-order chi connectivity index (χ1) is 8.59. The van der Waals surface area contributed by atoms with Crippen LogP contribution in [0.2, 0.25) is 0 Å².